The Morgan fingerprint density at radius 2 is 2.17 bits per heavy atom. The zero-order valence-electron chi connectivity index (χ0n) is 6.36. The topological polar surface area (TPSA) is 26.3 Å². The van der Waals surface area contributed by atoms with Crippen LogP contribution in [0.5, 0.6) is 5.75 Å². The molecule has 0 N–H and O–H groups in total. The molecule has 0 aromatic heterocycles. The molecule has 0 saturated heterocycles. The van der Waals surface area contributed by atoms with Crippen molar-refractivity contribution >= 4 is 18.4 Å². The van der Waals surface area contributed by atoms with Gasteiger partial charge in [0.1, 0.15) is 11.2 Å². The summed E-state index contributed by atoms with van der Waals surface area (Å²) in [6.07, 6.45) is 0.361. The summed E-state index contributed by atoms with van der Waals surface area (Å²) < 4.78 is 5.35. The van der Waals surface area contributed by atoms with Gasteiger partial charge >= 0.3 is 0 Å². The van der Waals surface area contributed by atoms with Gasteiger partial charge in [-0.25, -0.2) is 0 Å². The minimum Gasteiger partial charge on any atom is -0.479 e. The summed E-state index contributed by atoms with van der Waals surface area (Å²) in [5.41, 5.74) is 0.384. The van der Waals surface area contributed by atoms with Crippen molar-refractivity contribution in [3.63, 3.8) is 0 Å². The monoisotopic (exact) mass is 180 g/mol. The molecule has 0 bridgehead atoms. The Morgan fingerprint density at radius 1 is 1.42 bits per heavy atom. The third-order valence-electron chi connectivity index (χ3n) is 1.81. The Kier molecular flexibility index (Phi) is 1.81. The lowest BCUT2D eigenvalue weighted by Crippen LogP contribution is -2.21. The highest BCUT2D eigenvalue weighted by Crippen LogP contribution is 2.27. The van der Waals surface area contributed by atoms with E-state index in [1.54, 1.807) is 12.1 Å². The van der Waals surface area contributed by atoms with Gasteiger partial charge in [0, 0.05) is 0 Å². The average molecular weight is 180 g/mol. The maximum absolute atomic E-state index is 11.4. The van der Waals surface area contributed by atoms with Crippen molar-refractivity contribution in [2.75, 3.05) is 0 Å². The number of carbonyl (C=O) groups excluding carboxylic acids is 1. The quantitative estimate of drug-likeness (QED) is 0.617. The molecule has 1 aliphatic heterocycles. The fourth-order valence-electron chi connectivity index (χ4n) is 1.26. The fraction of sp³-hybridized carbons (Fsp3) is 0.222. The number of hydrogen-bond acceptors (Lipinski definition) is 3. The summed E-state index contributed by atoms with van der Waals surface area (Å²) >= 11 is 4.10. The molecule has 1 aliphatic rings. The summed E-state index contributed by atoms with van der Waals surface area (Å²) in [4.78, 5) is 11.4. The maximum atomic E-state index is 11.4. The van der Waals surface area contributed by atoms with E-state index in [2.05, 4.69) is 12.6 Å². The molecule has 1 heterocycles. The first-order valence-electron chi connectivity index (χ1n) is 3.74. The molecule has 0 fully saturated rings. The van der Waals surface area contributed by atoms with Crippen molar-refractivity contribution in [3.05, 3.63) is 29.8 Å². The standard InChI is InChI=1S/C9H8O2S/c10-7-5-9(12)11-8-4-2-1-3-6(7)8/h1-4,9,12H,5H2/t9-/m0/s1. The second kappa shape index (κ2) is 2.83. The average Bonchev–Trinajstić information content (AvgIpc) is 2.04. The second-order valence-electron chi connectivity index (χ2n) is 2.70. The number of ketones is 1. The fourth-order valence-corrected chi connectivity index (χ4v) is 1.54. The van der Waals surface area contributed by atoms with Gasteiger partial charge in [-0.15, -0.1) is 12.6 Å². The molecule has 1 atom stereocenters. The van der Waals surface area contributed by atoms with Crippen LogP contribution in [0.25, 0.3) is 0 Å². The third kappa shape index (κ3) is 1.20. The van der Waals surface area contributed by atoms with Crippen LogP contribution in [0.3, 0.4) is 0 Å². The van der Waals surface area contributed by atoms with Gasteiger partial charge in [-0.2, -0.15) is 0 Å². The summed E-state index contributed by atoms with van der Waals surface area (Å²) in [7, 11) is 0. The zero-order chi connectivity index (χ0) is 8.55. The SMILES string of the molecule is O=C1C[C@H](S)Oc2ccccc21. The first-order valence-corrected chi connectivity index (χ1v) is 4.26. The van der Waals surface area contributed by atoms with E-state index in [4.69, 9.17) is 4.74 Å². The molecule has 0 amide bonds. The summed E-state index contributed by atoms with van der Waals surface area (Å²) in [6, 6.07) is 7.24. The van der Waals surface area contributed by atoms with Crippen LogP contribution in [-0.2, 0) is 0 Å². The van der Waals surface area contributed by atoms with Crippen LogP contribution in [0.4, 0.5) is 0 Å². The first kappa shape index (κ1) is 7.68. The normalized spacial score (nSPS) is 21.4. The van der Waals surface area contributed by atoms with Gasteiger partial charge in [0.25, 0.3) is 0 Å². The summed E-state index contributed by atoms with van der Waals surface area (Å²) in [5, 5.41) is 0. The number of thiol groups is 1. The molecular formula is C9H8O2S. The van der Waals surface area contributed by atoms with E-state index >= 15 is 0 Å². The molecule has 0 aliphatic carbocycles. The molecule has 3 heteroatoms. The van der Waals surface area contributed by atoms with E-state index in [-0.39, 0.29) is 11.2 Å². The largest absolute Gasteiger partial charge is 0.479 e. The van der Waals surface area contributed by atoms with E-state index < -0.39 is 0 Å². The summed E-state index contributed by atoms with van der Waals surface area (Å²) in [5.74, 6) is 0.755. The molecule has 0 radical (unpaired) electrons. The molecule has 2 nitrogen and oxygen atoms in total. The van der Waals surface area contributed by atoms with E-state index in [0.717, 1.165) is 0 Å². The second-order valence-corrected chi connectivity index (χ2v) is 3.27. The number of carbonyl (C=O) groups is 1. The molecule has 0 unspecified atom stereocenters. The predicted octanol–water partition coefficient (Wildman–Crippen LogP) is 1.91. The van der Waals surface area contributed by atoms with Crippen LogP contribution in [0, 0.1) is 0 Å². The molecule has 1 aromatic rings. The highest BCUT2D eigenvalue weighted by molar-refractivity contribution is 7.80. The lowest BCUT2D eigenvalue weighted by atomic mass is 10.1. The Morgan fingerprint density at radius 3 is 3.00 bits per heavy atom. The number of para-hydroxylation sites is 1. The minimum absolute atomic E-state index is 0.108. The van der Waals surface area contributed by atoms with Crippen molar-refractivity contribution < 1.29 is 9.53 Å². The van der Waals surface area contributed by atoms with E-state index in [0.29, 0.717) is 17.7 Å². The number of benzene rings is 1. The number of rotatable bonds is 0. The highest BCUT2D eigenvalue weighted by Gasteiger charge is 2.22. The van der Waals surface area contributed by atoms with Crippen molar-refractivity contribution in [2.24, 2.45) is 0 Å². The molecule has 62 valence electrons. The van der Waals surface area contributed by atoms with Crippen LogP contribution in [0.15, 0.2) is 24.3 Å². The molecular weight excluding hydrogens is 172 g/mol. The molecule has 0 spiro atoms. The van der Waals surface area contributed by atoms with Crippen molar-refractivity contribution in [1.29, 1.82) is 0 Å². The Balaban J connectivity index is 2.47. The zero-order valence-corrected chi connectivity index (χ0v) is 7.25. The third-order valence-corrected chi connectivity index (χ3v) is 2.10. The van der Waals surface area contributed by atoms with Gasteiger partial charge in [0.2, 0.25) is 0 Å². The number of hydrogen-bond donors (Lipinski definition) is 1. The Labute approximate surface area is 76.0 Å². The smallest absolute Gasteiger partial charge is 0.171 e. The summed E-state index contributed by atoms with van der Waals surface area (Å²) in [6.45, 7) is 0. The van der Waals surface area contributed by atoms with Gasteiger partial charge in [0.15, 0.2) is 5.78 Å². The minimum atomic E-state index is -0.285. The number of ether oxygens (including phenoxy) is 1. The van der Waals surface area contributed by atoms with Crippen molar-refractivity contribution in [1.82, 2.24) is 0 Å². The Bertz CT molecular complexity index is 322. The van der Waals surface area contributed by atoms with Crippen LogP contribution in [0.2, 0.25) is 0 Å². The predicted molar refractivity (Wildman–Crippen MR) is 48.8 cm³/mol. The van der Waals surface area contributed by atoms with Crippen molar-refractivity contribution in [3.8, 4) is 5.75 Å². The molecule has 0 saturated carbocycles. The van der Waals surface area contributed by atoms with Gasteiger partial charge in [-0.3, -0.25) is 4.79 Å². The lowest BCUT2D eigenvalue weighted by molar-refractivity contribution is 0.0918. The first-order chi connectivity index (χ1) is 5.77. The van der Waals surface area contributed by atoms with Crippen molar-refractivity contribution in [2.45, 2.75) is 11.9 Å². The van der Waals surface area contributed by atoms with E-state index in [9.17, 15) is 4.79 Å². The molecule has 2 rings (SSSR count). The lowest BCUT2D eigenvalue weighted by Gasteiger charge is -2.20. The molecule has 1 aromatic carbocycles. The van der Waals surface area contributed by atoms with Gasteiger partial charge in [-0.05, 0) is 12.1 Å². The van der Waals surface area contributed by atoms with E-state index in [1.807, 2.05) is 12.1 Å². The maximum Gasteiger partial charge on any atom is 0.171 e. The highest BCUT2D eigenvalue weighted by atomic mass is 32.1. The van der Waals surface area contributed by atoms with Gasteiger partial charge < -0.3 is 4.74 Å². The Hall–Kier alpha value is -0.960. The van der Waals surface area contributed by atoms with Crippen LogP contribution >= 0.6 is 12.6 Å². The van der Waals surface area contributed by atoms with Gasteiger partial charge in [0.05, 0.1) is 12.0 Å². The molecule has 12 heavy (non-hydrogen) atoms. The van der Waals surface area contributed by atoms with Crippen LogP contribution < -0.4 is 4.74 Å². The van der Waals surface area contributed by atoms with Gasteiger partial charge in [-0.1, -0.05) is 12.1 Å². The van der Waals surface area contributed by atoms with Crippen LogP contribution in [0.1, 0.15) is 16.8 Å². The number of Topliss-reactive ketones (excluding diaryl/α,β-unsaturated/α-hetero) is 1. The van der Waals surface area contributed by atoms with E-state index in [1.165, 1.54) is 0 Å². The number of fused-ring (bicyclic) bond motifs is 1. The van der Waals surface area contributed by atoms with Crippen LogP contribution in [-0.4, -0.2) is 11.2 Å².